The summed E-state index contributed by atoms with van der Waals surface area (Å²) in [6.45, 7) is 0.604. The van der Waals surface area contributed by atoms with Crippen molar-refractivity contribution in [2.45, 2.75) is 6.42 Å². The fourth-order valence-corrected chi connectivity index (χ4v) is 1.45. The van der Waals surface area contributed by atoms with E-state index < -0.39 is 0 Å². The maximum atomic E-state index is 11.5. The van der Waals surface area contributed by atoms with E-state index in [1.54, 1.807) is 18.0 Å². The van der Waals surface area contributed by atoms with Crippen molar-refractivity contribution >= 4 is 17.3 Å². The van der Waals surface area contributed by atoms with Crippen LogP contribution in [0.2, 0.25) is 0 Å². The monoisotopic (exact) mass is 232 g/mol. The fourth-order valence-electron chi connectivity index (χ4n) is 1.45. The van der Waals surface area contributed by atoms with Gasteiger partial charge in [-0.2, -0.15) is 5.26 Å². The maximum absolute atomic E-state index is 11.5. The molecule has 5 nitrogen and oxygen atoms in total. The molecule has 0 radical (unpaired) electrons. The molecule has 0 heterocycles. The van der Waals surface area contributed by atoms with Crippen molar-refractivity contribution in [3.8, 4) is 6.07 Å². The quantitative estimate of drug-likeness (QED) is 0.579. The first-order valence-corrected chi connectivity index (χ1v) is 5.34. The summed E-state index contributed by atoms with van der Waals surface area (Å²) >= 11 is 0. The van der Waals surface area contributed by atoms with Crippen LogP contribution in [0.5, 0.6) is 0 Å². The second-order valence-electron chi connectivity index (χ2n) is 3.67. The predicted octanol–water partition coefficient (Wildman–Crippen LogP) is 0.735. The Morgan fingerprint density at radius 3 is 2.88 bits per heavy atom. The van der Waals surface area contributed by atoms with Gasteiger partial charge in [-0.05, 0) is 12.1 Å². The molecule has 1 rings (SSSR count). The molecular formula is C12H16N4O. The lowest BCUT2D eigenvalue weighted by Crippen LogP contribution is -2.35. The lowest BCUT2D eigenvalue weighted by molar-refractivity contribution is -0.119. The first-order valence-electron chi connectivity index (χ1n) is 5.34. The van der Waals surface area contributed by atoms with E-state index in [1.807, 2.05) is 24.3 Å². The second-order valence-corrected chi connectivity index (χ2v) is 3.67. The van der Waals surface area contributed by atoms with Crippen LogP contribution in [-0.2, 0) is 4.79 Å². The predicted molar refractivity (Wildman–Crippen MR) is 67.4 cm³/mol. The Morgan fingerprint density at radius 2 is 2.24 bits per heavy atom. The van der Waals surface area contributed by atoms with Gasteiger partial charge in [-0.3, -0.25) is 4.79 Å². The third kappa shape index (κ3) is 4.03. The van der Waals surface area contributed by atoms with Crippen LogP contribution in [0, 0.1) is 11.3 Å². The Morgan fingerprint density at radius 1 is 1.53 bits per heavy atom. The van der Waals surface area contributed by atoms with E-state index in [0.717, 1.165) is 5.69 Å². The van der Waals surface area contributed by atoms with Gasteiger partial charge in [0.25, 0.3) is 0 Å². The van der Waals surface area contributed by atoms with Gasteiger partial charge in [0.15, 0.2) is 0 Å². The Hall–Kier alpha value is -2.22. The molecule has 5 heteroatoms. The molecule has 0 aliphatic carbocycles. The molecule has 0 saturated carbocycles. The molecule has 17 heavy (non-hydrogen) atoms. The molecule has 0 spiro atoms. The van der Waals surface area contributed by atoms with Gasteiger partial charge in [-0.25, -0.2) is 0 Å². The van der Waals surface area contributed by atoms with Crippen molar-refractivity contribution in [3.05, 3.63) is 24.3 Å². The van der Waals surface area contributed by atoms with Crippen LogP contribution in [0.3, 0.4) is 0 Å². The summed E-state index contributed by atoms with van der Waals surface area (Å²) < 4.78 is 0. The third-order valence-corrected chi connectivity index (χ3v) is 2.29. The maximum Gasteiger partial charge on any atom is 0.239 e. The molecule has 0 aromatic heterocycles. The number of anilines is 2. The Balaban J connectivity index is 2.50. The highest BCUT2D eigenvalue weighted by Crippen LogP contribution is 2.20. The molecule has 0 fully saturated rings. The molecular weight excluding hydrogens is 216 g/mol. The van der Waals surface area contributed by atoms with Gasteiger partial charge < -0.3 is 16.0 Å². The number of nitrogens with one attached hydrogen (secondary N) is 1. The normalized spacial score (nSPS) is 9.41. The summed E-state index contributed by atoms with van der Waals surface area (Å²) in [6.07, 6.45) is 0.322. The minimum atomic E-state index is -0.119. The minimum absolute atomic E-state index is 0.119. The van der Waals surface area contributed by atoms with Crippen LogP contribution in [0.1, 0.15) is 6.42 Å². The largest absolute Gasteiger partial charge is 0.397 e. The zero-order valence-electron chi connectivity index (χ0n) is 9.81. The number of carbonyl (C=O) groups is 1. The van der Waals surface area contributed by atoms with Crippen LogP contribution in [0.25, 0.3) is 0 Å². The summed E-state index contributed by atoms with van der Waals surface area (Å²) in [5.41, 5.74) is 7.26. The first kappa shape index (κ1) is 12.8. The van der Waals surface area contributed by atoms with E-state index >= 15 is 0 Å². The highest BCUT2D eigenvalue weighted by molar-refractivity contribution is 5.82. The first-order chi connectivity index (χ1) is 8.15. The smallest absolute Gasteiger partial charge is 0.239 e. The van der Waals surface area contributed by atoms with E-state index in [1.165, 1.54) is 0 Å². The number of para-hydroxylation sites is 2. The number of hydrogen-bond donors (Lipinski definition) is 2. The van der Waals surface area contributed by atoms with Crippen LogP contribution in [-0.4, -0.2) is 26.0 Å². The third-order valence-electron chi connectivity index (χ3n) is 2.29. The number of nitrogens with zero attached hydrogens (tertiary/aromatic N) is 2. The average Bonchev–Trinajstić information content (AvgIpc) is 2.29. The van der Waals surface area contributed by atoms with E-state index in [2.05, 4.69) is 5.32 Å². The SMILES string of the molecule is CN(CC(=O)NCCC#N)c1ccccc1N. The molecule has 0 atom stereocenters. The van der Waals surface area contributed by atoms with Crippen molar-refractivity contribution in [2.24, 2.45) is 0 Å². The van der Waals surface area contributed by atoms with E-state index in [-0.39, 0.29) is 12.5 Å². The molecule has 0 aliphatic heterocycles. The van der Waals surface area contributed by atoms with Crippen molar-refractivity contribution in [1.29, 1.82) is 5.26 Å². The molecule has 1 aromatic carbocycles. The van der Waals surface area contributed by atoms with Crippen LogP contribution >= 0.6 is 0 Å². The molecule has 0 unspecified atom stereocenters. The molecule has 0 aliphatic rings. The minimum Gasteiger partial charge on any atom is -0.397 e. The van der Waals surface area contributed by atoms with Gasteiger partial charge in [-0.15, -0.1) is 0 Å². The average molecular weight is 232 g/mol. The summed E-state index contributed by atoms with van der Waals surface area (Å²) in [5, 5.41) is 11.0. The molecule has 0 bridgehead atoms. The highest BCUT2D eigenvalue weighted by Gasteiger charge is 2.08. The summed E-state index contributed by atoms with van der Waals surface area (Å²) in [5.74, 6) is -0.119. The number of likely N-dealkylation sites (N-methyl/N-ethyl adjacent to an activating group) is 1. The Labute approximate surface area is 101 Å². The van der Waals surface area contributed by atoms with Crippen LogP contribution < -0.4 is 16.0 Å². The molecule has 90 valence electrons. The van der Waals surface area contributed by atoms with E-state index in [9.17, 15) is 4.79 Å². The number of rotatable bonds is 5. The van der Waals surface area contributed by atoms with Gasteiger partial charge in [0, 0.05) is 13.6 Å². The lowest BCUT2D eigenvalue weighted by atomic mass is 10.2. The van der Waals surface area contributed by atoms with E-state index in [0.29, 0.717) is 18.7 Å². The molecule has 1 amide bonds. The number of nitriles is 1. The van der Waals surface area contributed by atoms with Gasteiger partial charge in [0.05, 0.1) is 30.4 Å². The summed E-state index contributed by atoms with van der Waals surface area (Å²) in [4.78, 5) is 13.3. The number of hydrogen-bond acceptors (Lipinski definition) is 4. The summed E-state index contributed by atoms with van der Waals surface area (Å²) in [7, 11) is 1.80. The van der Waals surface area contributed by atoms with Crippen molar-refractivity contribution in [2.75, 3.05) is 30.8 Å². The highest BCUT2D eigenvalue weighted by atomic mass is 16.2. The van der Waals surface area contributed by atoms with Crippen molar-refractivity contribution < 1.29 is 4.79 Å². The lowest BCUT2D eigenvalue weighted by Gasteiger charge is -2.20. The number of nitrogen functional groups attached to an aromatic ring is 1. The number of nitrogens with two attached hydrogens (primary N) is 1. The second kappa shape index (κ2) is 6.38. The Bertz CT molecular complexity index is 425. The zero-order valence-corrected chi connectivity index (χ0v) is 9.81. The van der Waals surface area contributed by atoms with Crippen LogP contribution in [0.15, 0.2) is 24.3 Å². The summed E-state index contributed by atoms with van der Waals surface area (Å²) in [6, 6.07) is 9.34. The molecule has 3 N–H and O–H groups in total. The molecule has 0 saturated heterocycles. The van der Waals surface area contributed by atoms with Crippen molar-refractivity contribution in [3.63, 3.8) is 0 Å². The fraction of sp³-hybridized carbons (Fsp3) is 0.333. The van der Waals surface area contributed by atoms with Crippen molar-refractivity contribution in [1.82, 2.24) is 5.32 Å². The number of benzene rings is 1. The number of carbonyl (C=O) groups excluding carboxylic acids is 1. The van der Waals surface area contributed by atoms with Gasteiger partial charge >= 0.3 is 0 Å². The van der Waals surface area contributed by atoms with Gasteiger partial charge in [0.1, 0.15) is 0 Å². The number of amides is 1. The Kier molecular flexibility index (Phi) is 4.82. The van der Waals surface area contributed by atoms with Gasteiger partial charge in [-0.1, -0.05) is 12.1 Å². The molecule has 1 aromatic rings. The zero-order chi connectivity index (χ0) is 12.7. The van der Waals surface area contributed by atoms with Crippen LogP contribution in [0.4, 0.5) is 11.4 Å². The standard InChI is InChI=1S/C12H16N4O/c1-16(9-12(17)15-8-4-7-13)11-6-3-2-5-10(11)14/h2-3,5-6H,4,8-9,14H2,1H3,(H,15,17). The van der Waals surface area contributed by atoms with Gasteiger partial charge in [0.2, 0.25) is 5.91 Å². The topological polar surface area (TPSA) is 82.2 Å². The van der Waals surface area contributed by atoms with E-state index in [4.69, 9.17) is 11.0 Å².